The lowest BCUT2D eigenvalue weighted by Gasteiger charge is -2.38. The number of carbonyl (C=O) groups is 2. The third kappa shape index (κ3) is 2.63. The quantitative estimate of drug-likeness (QED) is 0.813. The van der Waals surface area contributed by atoms with E-state index >= 15 is 0 Å². The summed E-state index contributed by atoms with van der Waals surface area (Å²) in [4.78, 5) is 29.3. The molecule has 2 amide bonds. The predicted molar refractivity (Wildman–Crippen MR) is 90.8 cm³/mol. The van der Waals surface area contributed by atoms with E-state index in [-0.39, 0.29) is 23.9 Å². The van der Waals surface area contributed by atoms with Crippen LogP contribution in [0.25, 0.3) is 0 Å². The van der Waals surface area contributed by atoms with Gasteiger partial charge in [0.1, 0.15) is 0 Å². The minimum atomic E-state index is -0.170. The molecule has 4 nitrogen and oxygen atoms in total. The van der Waals surface area contributed by atoms with E-state index < -0.39 is 0 Å². The second-order valence-corrected chi connectivity index (χ2v) is 6.52. The Bertz CT molecular complexity index is 721. The molecule has 0 aromatic heterocycles. The highest BCUT2D eigenvalue weighted by Gasteiger charge is 2.50. The fraction of sp³-hybridized carbons (Fsp3) is 0.300. The zero-order valence-electron chi connectivity index (χ0n) is 13.5. The summed E-state index contributed by atoms with van der Waals surface area (Å²) in [6.45, 7) is 1.04. The van der Waals surface area contributed by atoms with Crippen molar-refractivity contribution >= 4 is 11.8 Å². The number of benzene rings is 2. The van der Waals surface area contributed by atoms with Crippen molar-refractivity contribution in [2.45, 2.75) is 38.0 Å². The van der Waals surface area contributed by atoms with Crippen molar-refractivity contribution in [1.82, 2.24) is 9.80 Å². The molecular weight excluding hydrogens is 300 g/mol. The first-order chi connectivity index (χ1) is 11.7. The SMILES string of the molecule is O=C1[C@H]2CC[C@@H](C(=O)N1Cc1ccccc1)N2Cc1ccccc1. The van der Waals surface area contributed by atoms with E-state index in [1.165, 1.54) is 4.90 Å². The Hall–Kier alpha value is -2.46. The highest BCUT2D eigenvalue weighted by atomic mass is 16.2. The molecule has 2 atom stereocenters. The van der Waals surface area contributed by atoms with Gasteiger partial charge in [-0.05, 0) is 24.0 Å². The van der Waals surface area contributed by atoms with Crippen LogP contribution >= 0.6 is 0 Å². The Kier molecular flexibility index (Phi) is 3.90. The number of nitrogens with zero attached hydrogens (tertiary/aromatic N) is 2. The van der Waals surface area contributed by atoms with Crippen molar-refractivity contribution in [3.8, 4) is 0 Å². The fourth-order valence-corrected chi connectivity index (χ4v) is 3.80. The molecule has 2 aromatic carbocycles. The maximum absolute atomic E-state index is 12.9. The Morgan fingerprint density at radius 2 is 1.17 bits per heavy atom. The Balaban J connectivity index is 1.55. The van der Waals surface area contributed by atoms with Crippen LogP contribution in [0.15, 0.2) is 60.7 Å². The van der Waals surface area contributed by atoms with Crippen molar-refractivity contribution in [3.63, 3.8) is 0 Å². The largest absolute Gasteiger partial charge is 0.276 e. The molecule has 2 aromatic rings. The summed E-state index contributed by atoms with van der Waals surface area (Å²) in [6, 6.07) is 19.4. The highest BCUT2D eigenvalue weighted by Crippen LogP contribution is 2.34. The molecule has 2 aliphatic rings. The molecular formula is C20H20N2O2. The number of amides is 2. The molecule has 0 spiro atoms. The maximum atomic E-state index is 12.9. The number of likely N-dealkylation sites (tertiary alicyclic amines) is 1. The average Bonchev–Trinajstić information content (AvgIpc) is 2.98. The number of hydrogen-bond donors (Lipinski definition) is 0. The van der Waals surface area contributed by atoms with Crippen LogP contribution in [0.2, 0.25) is 0 Å². The van der Waals surface area contributed by atoms with Gasteiger partial charge in [-0.3, -0.25) is 19.4 Å². The standard InChI is InChI=1S/C20H20N2O2/c23-19-17-11-12-18(21(17)13-15-7-3-1-4-8-15)20(24)22(19)14-16-9-5-2-6-10-16/h1-10,17-18H,11-14H2/t17-,18+. The minimum Gasteiger partial charge on any atom is -0.276 e. The first-order valence-electron chi connectivity index (χ1n) is 8.43. The van der Waals surface area contributed by atoms with E-state index in [1.807, 2.05) is 60.7 Å². The molecule has 0 unspecified atom stereocenters. The Morgan fingerprint density at radius 3 is 1.67 bits per heavy atom. The smallest absolute Gasteiger partial charge is 0.246 e. The Morgan fingerprint density at radius 1 is 0.708 bits per heavy atom. The molecule has 2 saturated heterocycles. The predicted octanol–water partition coefficient (Wildman–Crippen LogP) is 2.59. The molecule has 4 rings (SSSR count). The van der Waals surface area contributed by atoms with Gasteiger partial charge in [0.15, 0.2) is 0 Å². The molecule has 0 radical (unpaired) electrons. The average molecular weight is 320 g/mol. The second-order valence-electron chi connectivity index (χ2n) is 6.52. The van der Waals surface area contributed by atoms with Gasteiger partial charge >= 0.3 is 0 Å². The molecule has 4 heteroatoms. The maximum Gasteiger partial charge on any atom is 0.246 e. The molecule has 24 heavy (non-hydrogen) atoms. The van der Waals surface area contributed by atoms with Gasteiger partial charge in [0.25, 0.3) is 0 Å². The van der Waals surface area contributed by atoms with Gasteiger partial charge in [-0.1, -0.05) is 60.7 Å². The highest BCUT2D eigenvalue weighted by molar-refractivity contribution is 6.03. The summed E-state index contributed by atoms with van der Waals surface area (Å²) in [5.41, 5.74) is 2.14. The molecule has 2 fully saturated rings. The van der Waals surface area contributed by atoms with Crippen LogP contribution in [0, 0.1) is 0 Å². The van der Waals surface area contributed by atoms with Gasteiger partial charge in [0.2, 0.25) is 11.8 Å². The van der Waals surface area contributed by atoms with E-state index in [0.717, 1.165) is 24.0 Å². The van der Waals surface area contributed by atoms with E-state index in [0.29, 0.717) is 13.1 Å². The minimum absolute atomic E-state index is 0.0477. The fourth-order valence-electron chi connectivity index (χ4n) is 3.80. The van der Waals surface area contributed by atoms with E-state index in [4.69, 9.17) is 0 Å². The summed E-state index contributed by atoms with van der Waals surface area (Å²) in [6.07, 6.45) is 1.54. The summed E-state index contributed by atoms with van der Waals surface area (Å²) >= 11 is 0. The van der Waals surface area contributed by atoms with Gasteiger partial charge in [0.05, 0.1) is 18.6 Å². The van der Waals surface area contributed by atoms with E-state index in [1.54, 1.807) is 0 Å². The van der Waals surface area contributed by atoms with E-state index in [2.05, 4.69) is 4.90 Å². The van der Waals surface area contributed by atoms with Crippen molar-refractivity contribution in [2.75, 3.05) is 0 Å². The van der Waals surface area contributed by atoms with Crippen LogP contribution in [-0.4, -0.2) is 33.7 Å². The zero-order valence-corrected chi connectivity index (χ0v) is 13.5. The first kappa shape index (κ1) is 15.1. The van der Waals surface area contributed by atoms with Crippen molar-refractivity contribution in [3.05, 3.63) is 71.8 Å². The zero-order chi connectivity index (χ0) is 16.5. The van der Waals surface area contributed by atoms with Crippen molar-refractivity contribution < 1.29 is 9.59 Å². The first-order valence-corrected chi connectivity index (χ1v) is 8.43. The van der Waals surface area contributed by atoms with Gasteiger partial charge < -0.3 is 0 Å². The van der Waals surface area contributed by atoms with Crippen LogP contribution < -0.4 is 0 Å². The lowest BCUT2D eigenvalue weighted by atomic mass is 10.1. The van der Waals surface area contributed by atoms with Crippen LogP contribution in [-0.2, 0) is 22.7 Å². The van der Waals surface area contributed by atoms with Crippen molar-refractivity contribution in [1.29, 1.82) is 0 Å². The molecule has 0 saturated carbocycles. The monoisotopic (exact) mass is 320 g/mol. The van der Waals surface area contributed by atoms with Gasteiger partial charge in [-0.2, -0.15) is 0 Å². The lowest BCUT2D eigenvalue weighted by molar-refractivity contribution is -0.158. The molecule has 0 aliphatic carbocycles. The summed E-state index contributed by atoms with van der Waals surface area (Å²) in [5.74, 6) is -0.0953. The van der Waals surface area contributed by atoms with Crippen LogP contribution in [0.3, 0.4) is 0 Å². The molecule has 2 heterocycles. The summed E-state index contributed by atoms with van der Waals surface area (Å²) in [5, 5.41) is 0. The number of carbonyl (C=O) groups excluding carboxylic acids is 2. The second kappa shape index (κ2) is 6.21. The van der Waals surface area contributed by atoms with Gasteiger partial charge in [-0.25, -0.2) is 0 Å². The number of rotatable bonds is 4. The number of hydrogen-bond acceptors (Lipinski definition) is 3. The lowest BCUT2D eigenvalue weighted by Crippen LogP contribution is -2.59. The third-order valence-corrected chi connectivity index (χ3v) is 5.01. The summed E-state index contributed by atoms with van der Waals surface area (Å²) in [7, 11) is 0. The number of piperazine rings is 1. The van der Waals surface area contributed by atoms with Crippen LogP contribution in [0.4, 0.5) is 0 Å². The van der Waals surface area contributed by atoms with Gasteiger partial charge in [0, 0.05) is 6.54 Å². The third-order valence-electron chi connectivity index (χ3n) is 5.01. The Labute approximate surface area is 141 Å². The van der Waals surface area contributed by atoms with Crippen LogP contribution in [0.1, 0.15) is 24.0 Å². The molecule has 2 aliphatic heterocycles. The van der Waals surface area contributed by atoms with E-state index in [9.17, 15) is 9.59 Å². The number of imide groups is 1. The molecule has 122 valence electrons. The van der Waals surface area contributed by atoms with Gasteiger partial charge in [-0.15, -0.1) is 0 Å². The number of fused-ring (bicyclic) bond motifs is 2. The summed E-state index contributed by atoms with van der Waals surface area (Å²) < 4.78 is 0. The topological polar surface area (TPSA) is 40.6 Å². The normalized spacial score (nSPS) is 23.8. The van der Waals surface area contributed by atoms with Crippen molar-refractivity contribution in [2.24, 2.45) is 0 Å². The molecule has 2 bridgehead atoms. The molecule has 0 N–H and O–H groups in total. The van der Waals surface area contributed by atoms with Crippen LogP contribution in [0.5, 0.6) is 0 Å².